The Morgan fingerprint density at radius 2 is 2.40 bits per heavy atom. The van der Waals surface area contributed by atoms with E-state index in [0.29, 0.717) is 12.6 Å². The lowest BCUT2D eigenvalue weighted by Gasteiger charge is -2.03. The Morgan fingerprint density at radius 1 is 1.53 bits per heavy atom. The van der Waals surface area contributed by atoms with E-state index >= 15 is 0 Å². The smallest absolute Gasteiger partial charge is 0.157 e. The van der Waals surface area contributed by atoms with E-state index in [2.05, 4.69) is 23.9 Å². The second-order valence-corrected chi connectivity index (χ2v) is 4.24. The van der Waals surface area contributed by atoms with Crippen molar-refractivity contribution < 1.29 is 4.74 Å². The minimum atomic E-state index is 0.363. The van der Waals surface area contributed by atoms with E-state index < -0.39 is 0 Å². The molecule has 0 aromatic carbocycles. The molecule has 0 N–H and O–H groups in total. The number of nitrogens with zero attached hydrogens (tertiary/aromatic N) is 3. The van der Waals surface area contributed by atoms with Crippen LogP contribution in [-0.4, -0.2) is 14.8 Å². The zero-order valence-corrected chi connectivity index (χ0v) is 9.57. The predicted molar refractivity (Wildman–Crippen MR) is 59.1 cm³/mol. The fraction of sp³-hybridized carbons (Fsp3) is 0.400. The molecule has 2 heterocycles. The van der Waals surface area contributed by atoms with Gasteiger partial charge in [-0.05, 0) is 13.8 Å². The molecule has 0 aliphatic carbocycles. The van der Waals surface area contributed by atoms with Crippen LogP contribution in [0.15, 0.2) is 23.3 Å². The molecule has 0 aliphatic heterocycles. The van der Waals surface area contributed by atoms with Crippen molar-refractivity contribution in [1.82, 2.24) is 14.8 Å². The summed E-state index contributed by atoms with van der Waals surface area (Å²) in [5, 5.41) is 6.17. The summed E-state index contributed by atoms with van der Waals surface area (Å²) in [6, 6.07) is 0.363. The molecule has 0 aliphatic rings. The van der Waals surface area contributed by atoms with Gasteiger partial charge in [0.15, 0.2) is 5.75 Å². The summed E-state index contributed by atoms with van der Waals surface area (Å²) in [6.07, 6.45) is 3.63. The first kappa shape index (κ1) is 10.2. The maximum Gasteiger partial charge on any atom is 0.157 e. The zero-order valence-electron chi connectivity index (χ0n) is 8.75. The maximum absolute atomic E-state index is 5.54. The predicted octanol–water partition coefficient (Wildman–Crippen LogP) is 2.50. The third-order valence-corrected chi connectivity index (χ3v) is 2.61. The number of aromatic nitrogens is 3. The van der Waals surface area contributed by atoms with Gasteiger partial charge in [0, 0.05) is 11.4 Å². The molecule has 80 valence electrons. The Hall–Kier alpha value is -1.36. The Labute approximate surface area is 92.5 Å². The van der Waals surface area contributed by atoms with E-state index in [1.54, 1.807) is 23.0 Å². The second-order valence-electron chi connectivity index (χ2n) is 3.52. The van der Waals surface area contributed by atoms with Gasteiger partial charge in [0.05, 0.1) is 23.6 Å². The minimum absolute atomic E-state index is 0.363. The van der Waals surface area contributed by atoms with Crippen molar-refractivity contribution in [2.75, 3.05) is 0 Å². The first-order chi connectivity index (χ1) is 7.25. The van der Waals surface area contributed by atoms with Gasteiger partial charge in [-0.1, -0.05) is 0 Å². The first-order valence-electron chi connectivity index (χ1n) is 4.79. The van der Waals surface area contributed by atoms with Gasteiger partial charge >= 0.3 is 0 Å². The molecule has 0 atom stereocenters. The van der Waals surface area contributed by atoms with Crippen LogP contribution in [0.3, 0.4) is 0 Å². The average molecular weight is 223 g/mol. The maximum atomic E-state index is 5.54. The topological polar surface area (TPSA) is 39.9 Å². The van der Waals surface area contributed by atoms with Crippen LogP contribution in [-0.2, 0) is 6.61 Å². The van der Waals surface area contributed by atoms with Crippen LogP contribution in [0.2, 0.25) is 0 Å². The molecule has 4 nitrogen and oxygen atoms in total. The highest BCUT2D eigenvalue weighted by molar-refractivity contribution is 7.07. The van der Waals surface area contributed by atoms with Crippen molar-refractivity contribution in [1.29, 1.82) is 0 Å². The average Bonchev–Trinajstić information content (AvgIpc) is 2.86. The number of hydrogen-bond donors (Lipinski definition) is 0. The number of ether oxygens (including phenoxy) is 1. The Bertz CT molecular complexity index is 408. The highest BCUT2D eigenvalue weighted by Gasteiger charge is 2.03. The molecule has 0 spiro atoms. The molecule has 2 aromatic heterocycles. The van der Waals surface area contributed by atoms with Crippen molar-refractivity contribution in [2.24, 2.45) is 0 Å². The molecular formula is C10H13N3OS. The van der Waals surface area contributed by atoms with Crippen molar-refractivity contribution in [3.8, 4) is 5.75 Å². The quantitative estimate of drug-likeness (QED) is 0.799. The molecular weight excluding hydrogens is 210 g/mol. The van der Waals surface area contributed by atoms with Crippen LogP contribution in [0.5, 0.6) is 5.75 Å². The first-order valence-corrected chi connectivity index (χ1v) is 5.74. The van der Waals surface area contributed by atoms with Gasteiger partial charge in [0.2, 0.25) is 0 Å². The van der Waals surface area contributed by atoms with Crippen LogP contribution in [0.1, 0.15) is 25.6 Å². The Kier molecular flexibility index (Phi) is 3.01. The van der Waals surface area contributed by atoms with Gasteiger partial charge in [-0.3, -0.25) is 4.68 Å². The second kappa shape index (κ2) is 4.44. The van der Waals surface area contributed by atoms with Crippen LogP contribution in [0, 0.1) is 0 Å². The molecule has 2 aromatic rings. The monoisotopic (exact) mass is 223 g/mol. The summed E-state index contributed by atoms with van der Waals surface area (Å²) in [4.78, 5) is 4.14. The van der Waals surface area contributed by atoms with E-state index in [1.165, 1.54) is 0 Å². The number of thiazole rings is 1. The fourth-order valence-electron chi connectivity index (χ4n) is 1.14. The van der Waals surface area contributed by atoms with Crippen molar-refractivity contribution in [2.45, 2.75) is 26.5 Å². The zero-order chi connectivity index (χ0) is 10.7. The largest absolute Gasteiger partial charge is 0.484 e. The lowest BCUT2D eigenvalue weighted by atomic mass is 10.4. The Balaban J connectivity index is 1.94. The van der Waals surface area contributed by atoms with Crippen LogP contribution in [0.25, 0.3) is 0 Å². The van der Waals surface area contributed by atoms with E-state index in [-0.39, 0.29) is 0 Å². The molecule has 0 saturated carbocycles. The van der Waals surface area contributed by atoms with Gasteiger partial charge in [0.25, 0.3) is 0 Å². The van der Waals surface area contributed by atoms with Gasteiger partial charge in [-0.25, -0.2) is 4.98 Å². The summed E-state index contributed by atoms with van der Waals surface area (Å²) in [5.41, 5.74) is 2.76. The van der Waals surface area contributed by atoms with Crippen molar-refractivity contribution in [3.05, 3.63) is 29.0 Å². The summed E-state index contributed by atoms with van der Waals surface area (Å²) in [5.74, 6) is 0.789. The summed E-state index contributed by atoms with van der Waals surface area (Å²) < 4.78 is 7.41. The SMILES string of the molecule is CC(C)n1cc(OCc2cscn2)cn1. The number of hydrogen-bond acceptors (Lipinski definition) is 4. The molecule has 15 heavy (non-hydrogen) atoms. The van der Waals surface area contributed by atoms with E-state index in [0.717, 1.165) is 11.4 Å². The van der Waals surface area contributed by atoms with E-state index in [9.17, 15) is 0 Å². The summed E-state index contributed by atoms with van der Waals surface area (Å²) in [7, 11) is 0. The lowest BCUT2D eigenvalue weighted by Crippen LogP contribution is -2.00. The molecule has 0 saturated heterocycles. The van der Waals surface area contributed by atoms with Gasteiger partial charge < -0.3 is 4.74 Å². The standard InChI is InChI=1S/C10H13N3OS/c1-8(2)13-4-10(3-12-13)14-5-9-6-15-7-11-9/h3-4,6-8H,5H2,1-2H3. The summed E-state index contributed by atoms with van der Waals surface area (Å²) >= 11 is 1.57. The number of rotatable bonds is 4. The molecule has 0 fully saturated rings. The third kappa shape index (κ3) is 2.56. The van der Waals surface area contributed by atoms with E-state index in [1.807, 2.05) is 16.3 Å². The lowest BCUT2D eigenvalue weighted by molar-refractivity contribution is 0.301. The normalized spacial score (nSPS) is 10.9. The molecule has 0 unspecified atom stereocenters. The van der Waals surface area contributed by atoms with Crippen LogP contribution in [0.4, 0.5) is 0 Å². The molecule has 5 heteroatoms. The fourth-order valence-corrected chi connectivity index (χ4v) is 1.69. The van der Waals surface area contributed by atoms with Gasteiger partial charge in [0.1, 0.15) is 6.61 Å². The summed E-state index contributed by atoms with van der Waals surface area (Å²) in [6.45, 7) is 4.67. The minimum Gasteiger partial charge on any atom is -0.484 e. The molecule has 0 radical (unpaired) electrons. The van der Waals surface area contributed by atoms with Gasteiger partial charge in [-0.2, -0.15) is 5.10 Å². The molecule has 2 rings (SSSR count). The molecule has 0 amide bonds. The Morgan fingerprint density at radius 3 is 3.00 bits per heavy atom. The van der Waals surface area contributed by atoms with Crippen LogP contribution >= 0.6 is 11.3 Å². The van der Waals surface area contributed by atoms with Gasteiger partial charge in [-0.15, -0.1) is 11.3 Å². The van der Waals surface area contributed by atoms with Crippen molar-refractivity contribution in [3.63, 3.8) is 0 Å². The third-order valence-electron chi connectivity index (χ3n) is 1.98. The highest BCUT2D eigenvalue weighted by Crippen LogP contribution is 2.14. The molecule has 0 bridgehead atoms. The van der Waals surface area contributed by atoms with Crippen LogP contribution < -0.4 is 4.74 Å². The van der Waals surface area contributed by atoms with Crippen molar-refractivity contribution >= 4 is 11.3 Å². The highest BCUT2D eigenvalue weighted by atomic mass is 32.1. The van der Waals surface area contributed by atoms with E-state index in [4.69, 9.17) is 4.74 Å².